The Morgan fingerprint density at radius 3 is 2.76 bits per heavy atom. The summed E-state index contributed by atoms with van der Waals surface area (Å²) in [6.45, 7) is 3.22. The van der Waals surface area contributed by atoms with Gasteiger partial charge in [0.1, 0.15) is 12.8 Å². The van der Waals surface area contributed by atoms with Crippen LogP contribution >= 0.6 is 0 Å². The Morgan fingerprint density at radius 1 is 1.24 bits per heavy atom. The maximum atomic E-state index is 12.5. The molecular weight excluding hydrogens is 273 g/mol. The van der Waals surface area contributed by atoms with Crippen molar-refractivity contribution >= 4 is 0 Å². The van der Waals surface area contributed by atoms with Crippen LogP contribution in [0.1, 0.15) is 17.3 Å². The molecule has 3 atom stereocenters. The molecule has 0 amide bonds. The normalized spacial score (nSPS) is 29.7. The monoisotopic (exact) mass is 295 g/mol. The van der Waals surface area contributed by atoms with Gasteiger partial charge in [-0.3, -0.25) is 20.8 Å². The van der Waals surface area contributed by atoms with Crippen LogP contribution < -0.4 is 26.7 Å². The Morgan fingerprint density at radius 2 is 2.10 bits per heavy atom. The lowest BCUT2D eigenvalue weighted by molar-refractivity contribution is 0.00953. The van der Waals surface area contributed by atoms with E-state index in [0.717, 1.165) is 31.7 Å². The van der Waals surface area contributed by atoms with Gasteiger partial charge in [-0.2, -0.15) is 5.48 Å². The van der Waals surface area contributed by atoms with Crippen LogP contribution in [0, 0.1) is 0 Å². The lowest BCUT2D eigenvalue weighted by Crippen LogP contribution is -2.55. The molecule has 0 saturated carbocycles. The molecule has 2 aliphatic heterocycles. The molecule has 2 aliphatic rings. The first-order valence-corrected chi connectivity index (χ1v) is 7.34. The van der Waals surface area contributed by atoms with Gasteiger partial charge in [0.25, 0.3) is 0 Å². The number of halogens is 1. The highest BCUT2D eigenvalue weighted by molar-refractivity contribution is 5.25. The maximum absolute atomic E-state index is 12.5. The number of hydrogen-bond acceptors (Lipinski definition) is 6. The van der Waals surface area contributed by atoms with E-state index < -0.39 is 12.9 Å². The zero-order chi connectivity index (χ0) is 14.5. The smallest absolute Gasteiger partial charge is 0.159 e. The van der Waals surface area contributed by atoms with Crippen LogP contribution in [-0.2, 0) is 11.4 Å². The molecule has 1 aromatic carbocycles. The molecule has 116 valence electrons. The molecule has 2 heterocycles. The minimum absolute atomic E-state index is 0.156. The zero-order valence-corrected chi connectivity index (χ0v) is 11.9. The standard InChI is InChI=1S/C14H22FN5O/c15-7-13-19-14(20-21-13)11-3-1-10(2-4-11)8-18-12-9-16-5-6-17-12/h1-4,12-14,16-20H,5-9H2. The first-order valence-electron chi connectivity index (χ1n) is 7.34. The third-order valence-electron chi connectivity index (χ3n) is 3.73. The number of rotatable bonds is 5. The third-order valence-corrected chi connectivity index (χ3v) is 3.73. The van der Waals surface area contributed by atoms with Crippen molar-refractivity contribution in [3.63, 3.8) is 0 Å². The van der Waals surface area contributed by atoms with Gasteiger partial charge in [0.15, 0.2) is 6.23 Å². The molecule has 1 aromatic rings. The quantitative estimate of drug-likeness (QED) is 0.514. The average Bonchev–Trinajstić information content (AvgIpc) is 3.03. The second-order valence-electron chi connectivity index (χ2n) is 5.31. The number of nitrogens with one attached hydrogen (secondary N) is 5. The van der Waals surface area contributed by atoms with E-state index in [1.165, 1.54) is 5.56 Å². The van der Waals surface area contributed by atoms with E-state index >= 15 is 0 Å². The Bertz CT molecular complexity index is 437. The lowest BCUT2D eigenvalue weighted by atomic mass is 10.1. The molecule has 0 spiro atoms. The summed E-state index contributed by atoms with van der Waals surface area (Å²) in [6.07, 6.45) is -0.409. The van der Waals surface area contributed by atoms with E-state index in [9.17, 15) is 4.39 Å². The Kier molecular flexibility index (Phi) is 5.13. The Balaban J connectivity index is 1.49. The highest BCUT2D eigenvalue weighted by Crippen LogP contribution is 2.16. The van der Waals surface area contributed by atoms with E-state index in [0.29, 0.717) is 6.17 Å². The van der Waals surface area contributed by atoms with E-state index in [1.54, 1.807) is 0 Å². The van der Waals surface area contributed by atoms with E-state index in [-0.39, 0.29) is 6.17 Å². The summed E-state index contributed by atoms with van der Waals surface area (Å²) in [5.74, 6) is 0. The molecule has 5 N–H and O–H groups in total. The first kappa shape index (κ1) is 14.8. The highest BCUT2D eigenvalue weighted by Gasteiger charge is 2.25. The molecule has 2 saturated heterocycles. The molecule has 0 aliphatic carbocycles. The molecule has 2 fully saturated rings. The van der Waals surface area contributed by atoms with E-state index in [1.807, 2.05) is 12.1 Å². The van der Waals surface area contributed by atoms with E-state index in [2.05, 4.69) is 38.9 Å². The van der Waals surface area contributed by atoms with Crippen molar-refractivity contribution in [1.82, 2.24) is 26.7 Å². The molecule has 0 bridgehead atoms. The fourth-order valence-electron chi connectivity index (χ4n) is 2.51. The van der Waals surface area contributed by atoms with Crippen LogP contribution in [0.15, 0.2) is 24.3 Å². The first-order chi connectivity index (χ1) is 10.3. The summed E-state index contributed by atoms with van der Waals surface area (Å²) in [5, 5.41) is 13.2. The highest BCUT2D eigenvalue weighted by atomic mass is 19.1. The number of hydrogen-bond donors (Lipinski definition) is 5. The number of benzene rings is 1. The summed E-state index contributed by atoms with van der Waals surface area (Å²) in [6, 6.07) is 8.20. The van der Waals surface area contributed by atoms with Gasteiger partial charge in [0.05, 0.1) is 6.17 Å². The molecule has 7 heteroatoms. The zero-order valence-electron chi connectivity index (χ0n) is 11.9. The number of alkyl halides is 1. The molecular formula is C14H22FN5O. The van der Waals surface area contributed by atoms with Gasteiger partial charge in [-0.15, -0.1) is 0 Å². The molecule has 3 unspecified atom stereocenters. The molecule has 0 radical (unpaired) electrons. The Hall–Kier alpha value is -1.09. The van der Waals surface area contributed by atoms with Gasteiger partial charge in [0.2, 0.25) is 0 Å². The van der Waals surface area contributed by atoms with Crippen molar-refractivity contribution in [2.75, 3.05) is 26.3 Å². The molecule has 21 heavy (non-hydrogen) atoms. The summed E-state index contributed by atoms with van der Waals surface area (Å²) in [7, 11) is 0. The van der Waals surface area contributed by atoms with Crippen molar-refractivity contribution in [2.45, 2.75) is 25.1 Å². The van der Waals surface area contributed by atoms with Crippen LogP contribution in [0.5, 0.6) is 0 Å². The Labute approximate surface area is 123 Å². The van der Waals surface area contributed by atoms with Crippen LogP contribution in [0.25, 0.3) is 0 Å². The third kappa shape index (κ3) is 3.97. The largest absolute Gasteiger partial charge is 0.313 e. The SMILES string of the molecule is FCC1NC(c2ccc(CNC3CNCCN3)cc2)NO1. The summed E-state index contributed by atoms with van der Waals surface area (Å²) >= 11 is 0. The van der Waals surface area contributed by atoms with E-state index in [4.69, 9.17) is 4.84 Å². The van der Waals surface area contributed by atoms with Crippen LogP contribution in [0.4, 0.5) is 4.39 Å². The predicted octanol–water partition coefficient (Wildman–Crippen LogP) is -0.286. The minimum Gasteiger partial charge on any atom is -0.313 e. The molecule has 6 nitrogen and oxygen atoms in total. The number of piperazine rings is 1. The lowest BCUT2D eigenvalue weighted by Gasteiger charge is -2.25. The average molecular weight is 295 g/mol. The minimum atomic E-state index is -0.568. The summed E-state index contributed by atoms with van der Waals surface area (Å²) in [4.78, 5) is 5.06. The van der Waals surface area contributed by atoms with Crippen molar-refractivity contribution in [3.8, 4) is 0 Å². The van der Waals surface area contributed by atoms with Crippen molar-refractivity contribution < 1.29 is 9.23 Å². The van der Waals surface area contributed by atoms with Crippen LogP contribution in [0.2, 0.25) is 0 Å². The number of hydroxylamine groups is 1. The second-order valence-corrected chi connectivity index (χ2v) is 5.31. The van der Waals surface area contributed by atoms with Crippen molar-refractivity contribution in [1.29, 1.82) is 0 Å². The summed E-state index contributed by atoms with van der Waals surface area (Å²) < 4.78 is 12.5. The predicted molar refractivity (Wildman–Crippen MR) is 77.8 cm³/mol. The van der Waals surface area contributed by atoms with Crippen molar-refractivity contribution in [2.24, 2.45) is 0 Å². The second kappa shape index (κ2) is 7.26. The fourth-order valence-corrected chi connectivity index (χ4v) is 2.51. The summed E-state index contributed by atoms with van der Waals surface area (Å²) in [5.41, 5.74) is 5.04. The maximum Gasteiger partial charge on any atom is 0.159 e. The fraction of sp³-hybridized carbons (Fsp3) is 0.571. The van der Waals surface area contributed by atoms with Gasteiger partial charge in [-0.05, 0) is 11.1 Å². The van der Waals surface area contributed by atoms with Crippen LogP contribution in [-0.4, -0.2) is 38.7 Å². The van der Waals surface area contributed by atoms with Gasteiger partial charge in [0, 0.05) is 26.2 Å². The van der Waals surface area contributed by atoms with Crippen molar-refractivity contribution in [3.05, 3.63) is 35.4 Å². The van der Waals surface area contributed by atoms with Gasteiger partial charge in [-0.1, -0.05) is 24.3 Å². The van der Waals surface area contributed by atoms with Gasteiger partial charge < -0.3 is 5.32 Å². The topological polar surface area (TPSA) is 69.4 Å². The van der Waals surface area contributed by atoms with Gasteiger partial charge >= 0.3 is 0 Å². The van der Waals surface area contributed by atoms with Gasteiger partial charge in [-0.25, -0.2) is 4.39 Å². The van der Waals surface area contributed by atoms with Crippen LogP contribution in [0.3, 0.4) is 0 Å². The molecule has 0 aromatic heterocycles. The molecule has 3 rings (SSSR count).